The van der Waals surface area contributed by atoms with Crippen molar-refractivity contribution in [3.8, 4) is 0 Å². The molecule has 0 aromatic carbocycles. The number of hydrogen-bond donors (Lipinski definition) is 1. The van der Waals surface area contributed by atoms with Gasteiger partial charge in [0, 0.05) is 32.1 Å². The van der Waals surface area contributed by atoms with Gasteiger partial charge in [-0.15, -0.1) is 0 Å². The zero-order valence-electron chi connectivity index (χ0n) is 11.3. The van der Waals surface area contributed by atoms with Gasteiger partial charge in [0.15, 0.2) is 0 Å². The van der Waals surface area contributed by atoms with E-state index >= 15 is 0 Å². The second-order valence-corrected chi connectivity index (χ2v) is 4.42. The van der Waals surface area contributed by atoms with Gasteiger partial charge in [-0.05, 0) is 13.3 Å². The highest BCUT2D eigenvalue weighted by atomic mass is 16.5. The quantitative estimate of drug-likeness (QED) is 0.673. The minimum absolute atomic E-state index is 0.508. The van der Waals surface area contributed by atoms with Crippen molar-refractivity contribution >= 4 is 5.95 Å². The molecule has 0 bridgehead atoms. The number of rotatable bonds is 9. The Morgan fingerprint density at radius 2 is 2.29 bits per heavy atom. The first-order chi connectivity index (χ1) is 8.29. The maximum atomic E-state index is 5.02. The number of anilines is 1. The smallest absolute Gasteiger partial charge is 0.203 e. The lowest BCUT2D eigenvalue weighted by Gasteiger charge is -2.16. The number of imidazole rings is 1. The Kier molecular flexibility index (Phi) is 6.70. The molecule has 17 heavy (non-hydrogen) atoms. The van der Waals surface area contributed by atoms with Crippen molar-refractivity contribution < 1.29 is 4.74 Å². The fourth-order valence-electron chi connectivity index (χ4n) is 1.90. The van der Waals surface area contributed by atoms with Crippen molar-refractivity contribution in [2.45, 2.75) is 45.6 Å². The Morgan fingerprint density at radius 3 is 3.00 bits per heavy atom. The number of nitrogens with one attached hydrogen (secondary N) is 1. The van der Waals surface area contributed by atoms with E-state index in [1.165, 1.54) is 25.7 Å². The molecule has 1 N–H and O–H groups in total. The first-order valence-electron chi connectivity index (χ1n) is 6.55. The molecule has 0 amide bonds. The number of nitrogens with zero attached hydrogens (tertiary/aromatic N) is 2. The number of unbranched alkanes of at least 4 members (excludes halogenated alkanes) is 2. The zero-order valence-corrected chi connectivity index (χ0v) is 11.3. The Labute approximate surface area is 104 Å². The van der Waals surface area contributed by atoms with E-state index < -0.39 is 0 Å². The third kappa shape index (κ3) is 4.77. The molecular weight excluding hydrogens is 214 g/mol. The molecule has 0 saturated carbocycles. The Morgan fingerprint density at radius 1 is 1.47 bits per heavy atom. The van der Waals surface area contributed by atoms with Crippen molar-refractivity contribution in [1.29, 1.82) is 0 Å². The van der Waals surface area contributed by atoms with Gasteiger partial charge in [0.2, 0.25) is 5.95 Å². The van der Waals surface area contributed by atoms with Crippen LogP contribution in [0.3, 0.4) is 0 Å². The van der Waals surface area contributed by atoms with Crippen LogP contribution in [-0.4, -0.2) is 29.8 Å². The molecule has 0 radical (unpaired) electrons. The number of methoxy groups -OCH3 is 1. The van der Waals surface area contributed by atoms with E-state index in [1.54, 1.807) is 7.11 Å². The van der Waals surface area contributed by atoms with Crippen LogP contribution in [0.1, 0.15) is 45.6 Å². The Balaban J connectivity index is 2.43. The van der Waals surface area contributed by atoms with E-state index in [4.69, 9.17) is 4.74 Å². The second-order valence-electron chi connectivity index (χ2n) is 4.42. The molecule has 0 aliphatic rings. The maximum Gasteiger partial charge on any atom is 0.203 e. The van der Waals surface area contributed by atoms with Crippen LogP contribution >= 0.6 is 0 Å². The van der Waals surface area contributed by atoms with E-state index in [0.717, 1.165) is 12.5 Å². The molecule has 1 atom stereocenters. The van der Waals surface area contributed by atoms with Crippen LogP contribution in [0.2, 0.25) is 0 Å². The van der Waals surface area contributed by atoms with Crippen LogP contribution in [-0.2, 0) is 4.74 Å². The molecule has 0 saturated heterocycles. The minimum atomic E-state index is 0.508. The summed E-state index contributed by atoms with van der Waals surface area (Å²) in [5.74, 6) is 0.950. The van der Waals surface area contributed by atoms with Gasteiger partial charge >= 0.3 is 0 Å². The van der Waals surface area contributed by atoms with Crippen molar-refractivity contribution in [2.75, 3.05) is 25.6 Å². The van der Waals surface area contributed by atoms with Crippen molar-refractivity contribution in [2.24, 2.45) is 0 Å². The predicted molar refractivity (Wildman–Crippen MR) is 71.4 cm³/mol. The van der Waals surface area contributed by atoms with E-state index in [2.05, 4.69) is 28.7 Å². The van der Waals surface area contributed by atoms with Crippen molar-refractivity contribution in [3.63, 3.8) is 0 Å². The summed E-state index contributed by atoms with van der Waals surface area (Å²) < 4.78 is 7.23. The highest BCUT2D eigenvalue weighted by Gasteiger charge is 2.08. The summed E-state index contributed by atoms with van der Waals surface area (Å²) >= 11 is 0. The van der Waals surface area contributed by atoms with Crippen LogP contribution in [0.5, 0.6) is 0 Å². The fourth-order valence-corrected chi connectivity index (χ4v) is 1.90. The number of aromatic nitrogens is 2. The monoisotopic (exact) mass is 239 g/mol. The Hall–Kier alpha value is -1.03. The fraction of sp³-hybridized carbons (Fsp3) is 0.769. The van der Waals surface area contributed by atoms with Crippen LogP contribution in [0.15, 0.2) is 12.4 Å². The van der Waals surface area contributed by atoms with Gasteiger partial charge in [-0.1, -0.05) is 26.2 Å². The summed E-state index contributed by atoms with van der Waals surface area (Å²) in [5.41, 5.74) is 0. The van der Waals surface area contributed by atoms with E-state index in [0.29, 0.717) is 12.6 Å². The van der Waals surface area contributed by atoms with E-state index in [9.17, 15) is 0 Å². The molecule has 0 aliphatic heterocycles. The van der Waals surface area contributed by atoms with Crippen molar-refractivity contribution in [3.05, 3.63) is 12.4 Å². The molecular formula is C13H25N3O. The normalized spacial score (nSPS) is 12.6. The molecule has 1 rings (SSSR count). The van der Waals surface area contributed by atoms with E-state index in [-0.39, 0.29) is 0 Å². The molecule has 98 valence electrons. The summed E-state index contributed by atoms with van der Waals surface area (Å²) in [7, 11) is 1.71. The molecule has 0 spiro atoms. The maximum absolute atomic E-state index is 5.02. The number of ether oxygens (including phenoxy) is 1. The molecule has 4 nitrogen and oxygen atoms in total. The van der Waals surface area contributed by atoms with Crippen LogP contribution in [0.25, 0.3) is 0 Å². The average Bonchev–Trinajstić information content (AvgIpc) is 2.78. The zero-order chi connectivity index (χ0) is 12.5. The SMILES string of the molecule is CCCCCC(C)n1ccnc1NCCOC. The van der Waals surface area contributed by atoms with Gasteiger partial charge in [-0.25, -0.2) is 4.98 Å². The summed E-state index contributed by atoms with van der Waals surface area (Å²) in [6.07, 6.45) is 8.98. The molecule has 1 aromatic rings. The van der Waals surface area contributed by atoms with E-state index in [1.807, 2.05) is 12.4 Å². The molecule has 1 unspecified atom stereocenters. The van der Waals surface area contributed by atoms with Gasteiger partial charge in [-0.2, -0.15) is 0 Å². The summed E-state index contributed by atoms with van der Waals surface area (Å²) in [6, 6.07) is 0.508. The van der Waals surface area contributed by atoms with Gasteiger partial charge in [0.1, 0.15) is 0 Å². The lowest BCUT2D eigenvalue weighted by molar-refractivity contribution is 0.210. The molecule has 1 aromatic heterocycles. The third-order valence-corrected chi connectivity index (χ3v) is 2.96. The van der Waals surface area contributed by atoms with Crippen molar-refractivity contribution in [1.82, 2.24) is 9.55 Å². The topological polar surface area (TPSA) is 39.1 Å². The largest absolute Gasteiger partial charge is 0.383 e. The molecule has 1 heterocycles. The Bertz CT molecular complexity index is 299. The summed E-state index contributed by atoms with van der Waals surface area (Å²) in [4.78, 5) is 4.33. The average molecular weight is 239 g/mol. The lowest BCUT2D eigenvalue weighted by atomic mass is 10.1. The molecule has 0 fully saturated rings. The van der Waals surface area contributed by atoms with Gasteiger partial charge in [-0.3, -0.25) is 0 Å². The lowest BCUT2D eigenvalue weighted by Crippen LogP contribution is -2.14. The number of hydrogen-bond acceptors (Lipinski definition) is 3. The second kappa shape index (κ2) is 8.12. The van der Waals surface area contributed by atoms with Crippen LogP contribution < -0.4 is 5.32 Å². The molecule has 4 heteroatoms. The van der Waals surface area contributed by atoms with Gasteiger partial charge < -0.3 is 14.6 Å². The van der Waals surface area contributed by atoms with Crippen LogP contribution in [0.4, 0.5) is 5.95 Å². The van der Waals surface area contributed by atoms with Gasteiger partial charge in [0.05, 0.1) is 6.61 Å². The minimum Gasteiger partial charge on any atom is -0.383 e. The predicted octanol–water partition coefficient (Wildman–Crippen LogP) is 3.08. The molecule has 0 aliphatic carbocycles. The van der Waals surface area contributed by atoms with Crippen LogP contribution in [0, 0.1) is 0 Å². The highest BCUT2D eigenvalue weighted by Crippen LogP contribution is 2.19. The summed E-state index contributed by atoms with van der Waals surface area (Å²) in [5, 5.41) is 3.29. The van der Waals surface area contributed by atoms with Gasteiger partial charge in [0.25, 0.3) is 0 Å². The first kappa shape index (κ1) is 14.0. The first-order valence-corrected chi connectivity index (χ1v) is 6.55. The highest BCUT2D eigenvalue weighted by molar-refractivity contribution is 5.26. The standard InChI is InChI=1S/C13H25N3O/c1-4-5-6-7-12(2)16-10-8-14-13(16)15-9-11-17-3/h8,10,12H,4-7,9,11H2,1-3H3,(H,14,15). The summed E-state index contributed by atoms with van der Waals surface area (Å²) in [6.45, 7) is 5.99. The third-order valence-electron chi connectivity index (χ3n) is 2.96.